The molecule has 84 valence electrons. The van der Waals surface area contributed by atoms with Crippen molar-refractivity contribution in [2.24, 2.45) is 17.3 Å². The molecule has 0 spiro atoms. The van der Waals surface area contributed by atoms with Crippen molar-refractivity contribution in [3.63, 3.8) is 0 Å². The van der Waals surface area contributed by atoms with Crippen LogP contribution in [0.3, 0.4) is 0 Å². The third-order valence-electron chi connectivity index (χ3n) is 4.20. The first-order valence-electron chi connectivity index (χ1n) is 7.98. The lowest BCUT2D eigenvalue weighted by Gasteiger charge is -2.53. The van der Waals surface area contributed by atoms with Crippen LogP contribution < -0.4 is 0 Å². The van der Waals surface area contributed by atoms with Crippen LogP contribution in [0.2, 0.25) is 0 Å². The topological polar surface area (TPSA) is 0 Å². The lowest BCUT2D eigenvalue weighted by atomic mass is 9.52. The number of rotatable bonds is 0. The molecule has 0 unspecified atom stereocenters. The minimum atomic E-state index is -1.54. The molecule has 2 atom stereocenters. The summed E-state index contributed by atoms with van der Waals surface area (Å²) >= 11 is 0. The first-order chi connectivity index (χ1) is 8.65. The molecule has 1 saturated carbocycles. The number of hydrogen-bond acceptors (Lipinski definition) is 0. The summed E-state index contributed by atoms with van der Waals surface area (Å²) in [6, 6.07) is 0. The quantitative estimate of drug-likeness (QED) is 0.505. The van der Waals surface area contributed by atoms with Crippen molar-refractivity contribution < 1.29 is 5.48 Å². The summed E-state index contributed by atoms with van der Waals surface area (Å²) in [5, 5.41) is 0. The molecule has 0 heteroatoms. The summed E-state index contributed by atoms with van der Waals surface area (Å²) in [4.78, 5) is 0. The van der Waals surface area contributed by atoms with Crippen molar-refractivity contribution in [1.29, 1.82) is 0 Å². The zero-order valence-electron chi connectivity index (χ0n) is 14.1. The van der Waals surface area contributed by atoms with Crippen LogP contribution >= 0.6 is 0 Å². The summed E-state index contributed by atoms with van der Waals surface area (Å²) in [5.74, 6) is 0.499. The van der Waals surface area contributed by atoms with Gasteiger partial charge in [0.2, 0.25) is 0 Å². The van der Waals surface area contributed by atoms with Crippen LogP contribution in [0.5, 0.6) is 0 Å². The molecule has 0 bridgehead atoms. The van der Waals surface area contributed by atoms with Gasteiger partial charge in [0.25, 0.3) is 0 Å². The molecule has 0 aromatic rings. The number of allylic oxidation sites excluding steroid dienone is 3. The first kappa shape index (κ1) is 6.93. The van der Waals surface area contributed by atoms with Gasteiger partial charge in [0.05, 0.1) is 2.74 Å². The van der Waals surface area contributed by atoms with Gasteiger partial charge in [-0.15, -0.1) is 0 Å². The highest BCUT2D eigenvalue weighted by molar-refractivity contribution is 5.16. The van der Waals surface area contributed by atoms with E-state index in [0.29, 0.717) is 17.9 Å². The van der Waals surface area contributed by atoms with Crippen molar-refractivity contribution in [2.45, 2.75) is 52.8 Å². The van der Waals surface area contributed by atoms with Crippen LogP contribution in [-0.4, -0.2) is 0 Å². The van der Waals surface area contributed by atoms with Gasteiger partial charge in [0, 0.05) is 2.74 Å². The summed E-state index contributed by atoms with van der Waals surface area (Å²) in [6.07, 6.45) is 3.70. The molecule has 0 nitrogen and oxygen atoms in total. The molecule has 0 radical (unpaired) electrons. The van der Waals surface area contributed by atoms with E-state index in [2.05, 4.69) is 20.8 Å². The second-order valence-electron chi connectivity index (χ2n) is 5.79. The van der Waals surface area contributed by atoms with Gasteiger partial charge in [0.1, 0.15) is 0 Å². The van der Waals surface area contributed by atoms with Crippen LogP contribution in [0.1, 0.15) is 58.3 Å². The Kier molecular flexibility index (Phi) is 1.76. The maximum atomic E-state index is 8.25. The highest BCUT2D eigenvalue weighted by atomic mass is 14.5. The fourth-order valence-electron chi connectivity index (χ4n) is 3.09. The Balaban J connectivity index is 2.42. The molecule has 2 aliphatic rings. The fourth-order valence-corrected chi connectivity index (χ4v) is 3.09. The highest BCUT2D eigenvalue weighted by Gasteiger charge is 2.47. The van der Waals surface area contributed by atoms with Crippen LogP contribution in [0.25, 0.3) is 0 Å². The summed E-state index contributed by atoms with van der Waals surface area (Å²) in [6.45, 7) is 6.22. The largest absolute Gasteiger partial charge is 0.0996 e. The number of fused-ring (bicyclic) bond motifs is 1. The Morgan fingerprint density at radius 3 is 3.07 bits per heavy atom. The monoisotopic (exact) mass is 208 g/mol. The smallest absolute Gasteiger partial charge is 0.0537 e. The Labute approximate surface area is 100 Å². The second-order valence-corrected chi connectivity index (χ2v) is 5.79. The van der Waals surface area contributed by atoms with E-state index in [-0.39, 0.29) is 17.9 Å². The molecule has 0 saturated heterocycles. The fraction of sp³-hybridized carbons (Fsp3) is 0.733. The predicted molar refractivity (Wildman–Crippen MR) is 66.7 cm³/mol. The molecule has 0 amide bonds. The van der Waals surface area contributed by atoms with Crippen molar-refractivity contribution in [2.75, 3.05) is 0 Å². The Bertz CT molecular complexity index is 427. The van der Waals surface area contributed by atoms with Gasteiger partial charge >= 0.3 is 0 Å². The average Bonchev–Trinajstić information content (AvgIpc) is 2.27. The molecule has 0 aromatic heterocycles. The van der Waals surface area contributed by atoms with Crippen molar-refractivity contribution in [3.8, 4) is 0 Å². The van der Waals surface area contributed by atoms with Gasteiger partial charge in [0.15, 0.2) is 0 Å². The summed E-state index contributed by atoms with van der Waals surface area (Å²) in [7, 11) is 0. The van der Waals surface area contributed by atoms with Gasteiger partial charge < -0.3 is 0 Å². The van der Waals surface area contributed by atoms with E-state index in [9.17, 15) is 0 Å². The molecule has 0 heterocycles. The molecule has 2 aliphatic carbocycles. The zero-order valence-corrected chi connectivity index (χ0v) is 10.1. The van der Waals surface area contributed by atoms with E-state index in [4.69, 9.17) is 5.48 Å². The summed E-state index contributed by atoms with van der Waals surface area (Å²) in [5.41, 5.74) is 1.89. The molecule has 0 aromatic carbocycles. The van der Waals surface area contributed by atoms with Gasteiger partial charge in [-0.05, 0) is 56.2 Å². The van der Waals surface area contributed by atoms with Crippen LogP contribution in [-0.2, 0) is 0 Å². The van der Waals surface area contributed by atoms with E-state index in [1.807, 2.05) is 6.08 Å². The van der Waals surface area contributed by atoms with Gasteiger partial charge in [-0.25, -0.2) is 0 Å². The third kappa shape index (κ3) is 2.04. The zero-order chi connectivity index (χ0) is 14.4. The van der Waals surface area contributed by atoms with E-state index < -0.39 is 6.37 Å². The minimum Gasteiger partial charge on any atom is -0.0996 e. The van der Waals surface area contributed by atoms with Crippen molar-refractivity contribution >= 4 is 0 Å². The van der Waals surface area contributed by atoms with Crippen molar-refractivity contribution in [3.05, 3.63) is 23.8 Å². The second kappa shape index (κ2) is 3.81. The molecule has 15 heavy (non-hydrogen) atoms. The van der Waals surface area contributed by atoms with E-state index in [1.54, 1.807) is 0 Å². The molecular formula is C15H24. The first-order valence-corrected chi connectivity index (χ1v) is 5.98. The molecule has 2 rings (SSSR count). The predicted octanol–water partition coefficient (Wildman–Crippen LogP) is 4.73. The van der Waals surface area contributed by atoms with Crippen molar-refractivity contribution in [1.82, 2.24) is 0 Å². The van der Waals surface area contributed by atoms with E-state index in [0.717, 1.165) is 19.3 Å². The lowest BCUT2D eigenvalue weighted by Crippen LogP contribution is -2.44. The maximum absolute atomic E-state index is 8.25. The molecule has 0 aliphatic heterocycles. The van der Waals surface area contributed by atoms with E-state index >= 15 is 0 Å². The normalized spacial score (nSPS) is 45.8. The standard InChI is InChI=1S/C15H24/c1-11-6-5-7-12(2)13-10-15(3,4)14(13)9-8-11/h6,13-14H,2,5,7-10H2,1,3-4H3/b11-6+/t13-,14-/m1/s1/i2D2,7D2. The average molecular weight is 208 g/mol. The molecule has 1 fully saturated rings. The minimum absolute atomic E-state index is 0.0919. The third-order valence-corrected chi connectivity index (χ3v) is 4.20. The van der Waals surface area contributed by atoms with Gasteiger partial charge in [-0.2, -0.15) is 0 Å². The highest BCUT2D eigenvalue weighted by Crippen LogP contribution is 2.56. The van der Waals surface area contributed by atoms with E-state index in [1.165, 1.54) is 5.57 Å². The van der Waals surface area contributed by atoms with Gasteiger partial charge in [-0.1, -0.05) is 37.6 Å². The lowest BCUT2D eigenvalue weighted by molar-refractivity contribution is 0.00384. The molecular weight excluding hydrogens is 180 g/mol. The Morgan fingerprint density at radius 1 is 1.60 bits per heavy atom. The molecule has 0 N–H and O–H groups in total. The number of hydrogen-bond donors (Lipinski definition) is 0. The van der Waals surface area contributed by atoms with Gasteiger partial charge in [-0.3, -0.25) is 0 Å². The maximum Gasteiger partial charge on any atom is 0.0537 e. The van der Waals surface area contributed by atoms with Crippen LogP contribution in [0.4, 0.5) is 0 Å². The Hall–Kier alpha value is -0.520. The summed E-state index contributed by atoms with van der Waals surface area (Å²) < 4.78 is 31.9. The van der Waals surface area contributed by atoms with Crippen LogP contribution in [0, 0.1) is 17.3 Å². The Morgan fingerprint density at radius 2 is 2.40 bits per heavy atom. The SMILES string of the molecule is [2H]C([2H])=C1[C@H]2CC(C)(C)[C@@H]2CC/C(C)=C/CC1([2H])[2H]. The van der Waals surface area contributed by atoms with Crippen LogP contribution in [0.15, 0.2) is 23.8 Å².